The van der Waals surface area contributed by atoms with Crippen molar-refractivity contribution in [3.05, 3.63) is 59.4 Å². The van der Waals surface area contributed by atoms with Gasteiger partial charge in [0.2, 0.25) is 0 Å². The molecule has 0 aliphatic rings. The predicted molar refractivity (Wildman–Crippen MR) is 94.3 cm³/mol. The SMILES string of the molecule is CCn1c(CNSc2ccc(C)cc2)nc2ccc(C(F)(F)F)cc21. The summed E-state index contributed by atoms with van der Waals surface area (Å²) >= 11 is 1.48. The fourth-order valence-corrected chi connectivity index (χ4v) is 3.27. The summed E-state index contributed by atoms with van der Waals surface area (Å²) in [4.78, 5) is 5.55. The highest BCUT2D eigenvalue weighted by Crippen LogP contribution is 2.31. The molecule has 0 aliphatic heterocycles. The van der Waals surface area contributed by atoms with E-state index in [1.54, 1.807) is 0 Å². The summed E-state index contributed by atoms with van der Waals surface area (Å²) in [5.41, 5.74) is 1.63. The topological polar surface area (TPSA) is 29.9 Å². The maximum atomic E-state index is 12.9. The molecule has 25 heavy (non-hydrogen) atoms. The van der Waals surface area contributed by atoms with Gasteiger partial charge in [0.25, 0.3) is 0 Å². The van der Waals surface area contributed by atoms with E-state index in [0.717, 1.165) is 16.8 Å². The number of benzene rings is 2. The van der Waals surface area contributed by atoms with E-state index in [2.05, 4.69) is 9.71 Å². The first-order chi connectivity index (χ1) is 11.9. The normalized spacial score (nSPS) is 12.0. The predicted octanol–water partition coefficient (Wildman–Crippen LogP) is 5.18. The first kappa shape index (κ1) is 17.8. The smallest absolute Gasteiger partial charge is 0.327 e. The second-order valence-corrected chi connectivity index (χ2v) is 6.67. The van der Waals surface area contributed by atoms with Gasteiger partial charge in [-0.25, -0.2) is 4.98 Å². The molecule has 7 heteroatoms. The van der Waals surface area contributed by atoms with Crippen molar-refractivity contribution in [2.45, 2.75) is 38.0 Å². The third kappa shape index (κ3) is 3.99. The van der Waals surface area contributed by atoms with Gasteiger partial charge in [0.1, 0.15) is 5.82 Å². The molecule has 3 aromatic rings. The Morgan fingerprint density at radius 2 is 1.84 bits per heavy atom. The average Bonchev–Trinajstić information content (AvgIpc) is 2.92. The fraction of sp³-hybridized carbons (Fsp3) is 0.278. The van der Waals surface area contributed by atoms with E-state index in [4.69, 9.17) is 0 Å². The van der Waals surface area contributed by atoms with Gasteiger partial charge in [0.15, 0.2) is 0 Å². The van der Waals surface area contributed by atoms with Gasteiger partial charge in [0.05, 0.1) is 23.1 Å². The van der Waals surface area contributed by atoms with Gasteiger partial charge in [0, 0.05) is 11.4 Å². The molecule has 3 rings (SSSR count). The Balaban J connectivity index is 1.80. The summed E-state index contributed by atoms with van der Waals surface area (Å²) in [5.74, 6) is 0.719. The highest BCUT2D eigenvalue weighted by Gasteiger charge is 2.31. The molecule has 0 amide bonds. The number of fused-ring (bicyclic) bond motifs is 1. The summed E-state index contributed by atoms with van der Waals surface area (Å²) in [6.07, 6.45) is -4.35. The number of hydrogen-bond acceptors (Lipinski definition) is 3. The number of rotatable bonds is 5. The van der Waals surface area contributed by atoms with Gasteiger partial charge in [-0.05, 0) is 56.1 Å². The molecule has 2 aromatic carbocycles. The lowest BCUT2D eigenvalue weighted by Crippen LogP contribution is -2.10. The molecule has 0 radical (unpaired) electrons. The van der Waals surface area contributed by atoms with Crippen LogP contribution in [0.1, 0.15) is 23.9 Å². The Morgan fingerprint density at radius 3 is 2.48 bits per heavy atom. The van der Waals surface area contributed by atoms with E-state index in [9.17, 15) is 13.2 Å². The summed E-state index contributed by atoms with van der Waals surface area (Å²) in [5, 5.41) is 0. The van der Waals surface area contributed by atoms with Crippen LogP contribution >= 0.6 is 11.9 Å². The van der Waals surface area contributed by atoms with Crippen LogP contribution in [0, 0.1) is 6.92 Å². The van der Waals surface area contributed by atoms with E-state index in [1.165, 1.54) is 29.6 Å². The molecular formula is C18H18F3N3S. The molecule has 0 fully saturated rings. The maximum Gasteiger partial charge on any atom is 0.416 e. The van der Waals surface area contributed by atoms with Crippen LogP contribution in [0.2, 0.25) is 0 Å². The zero-order valence-electron chi connectivity index (χ0n) is 13.9. The van der Waals surface area contributed by atoms with E-state index >= 15 is 0 Å². The number of imidazole rings is 1. The third-order valence-corrected chi connectivity index (χ3v) is 4.71. The van der Waals surface area contributed by atoms with Crippen LogP contribution in [-0.2, 0) is 19.3 Å². The standard InChI is InChI=1S/C18H18F3N3S/c1-3-24-16-10-13(18(19,20)21)6-9-15(16)23-17(24)11-22-25-14-7-4-12(2)5-8-14/h4-10,22H,3,11H2,1-2H3. The first-order valence-electron chi connectivity index (χ1n) is 7.91. The van der Waals surface area contributed by atoms with Crippen molar-refractivity contribution >= 4 is 23.0 Å². The molecule has 3 nitrogen and oxygen atoms in total. The molecule has 1 heterocycles. The monoisotopic (exact) mass is 365 g/mol. The minimum absolute atomic E-state index is 0.461. The number of aryl methyl sites for hydroxylation is 2. The van der Waals surface area contributed by atoms with Gasteiger partial charge >= 0.3 is 6.18 Å². The fourth-order valence-electron chi connectivity index (χ4n) is 2.63. The number of nitrogens with zero attached hydrogens (tertiary/aromatic N) is 2. The second-order valence-electron chi connectivity index (χ2n) is 5.71. The average molecular weight is 365 g/mol. The molecular weight excluding hydrogens is 347 g/mol. The van der Waals surface area contributed by atoms with Gasteiger partial charge in [-0.2, -0.15) is 13.2 Å². The lowest BCUT2D eigenvalue weighted by Gasteiger charge is -2.09. The van der Waals surface area contributed by atoms with Crippen LogP contribution in [0.4, 0.5) is 13.2 Å². The van der Waals surface area contributed by atoms with Crippen LogP contribution in [0.3, 0.4) is 0 Å². The molecule has 1 aromatic heterocycles. The van der Waals surface area contributed by atoms with Crippen molar-refractivity contribution < 1.29 is 13.2 Å². The second kappa shape index (κ2) is 7.09. The third-order valence-electron chi connectivity index (χ3n) is 3.91. The van der Waals surface area contributed by atoms with E-state index in [1.807, 2.05) is 42.7 Å². The van der Waals surface area contributed by atoms with E-state index in [-0.39, 0.29) is 0 Å². The molecule has 0 saturated heterocycles. The molecule has 0 aliphatic carbocycles. The Hall–Kier alpha value is -1.99. The van der Waals surface area contributed by atoms with Crippen LogP contribution < -0.4 is 4.72 Å². The van der Waals surface area contributed by atoms with Crippen molar-refractivity contribution in [1.82, 2.24) is 14.3 Å². The van der Waals surface area contributed by atoms with Crippen molar-refractivity contribution in [3.63, 3.8) is 0 Å². The lowest BCUT2D eigenvalue weighted by atomic mass is 10.2. The number of nitrogens with one attached hydrogen (secondary N) is 1. The maximum absolute atomic E-state index is 12.9. The van der Waals surface area contributed by atoms with Gasteiger partial charge in [-0.15, -0.1) is 0 Å². The molecule has 0 unspecified atom stereocenters. The van der Waals surface area contributed by atoms with Gasteiger partial charge in [-0.3, -0.25) is 4.72 Å². The number of hydrogen-bond donors (Lipinski definition) is 1. The van der Waals surface area contributed by atoms with Crippen LogP contribution in [0.15, 0.2) is 47.4 Å². The van der Waals surface area contributed by atoms with Crippen molar-refractivity contribution in [1.29, 1.82) is 0 Å². The highest BCUT2D eigenvalue weighted by atomic mass is 32.2. The molecule has 132 valence electrons. The van der Waals surface area contributed by atoms with Crippen molar-refractivity contribution in [2.75, 3.05) is 0 Å². The lowest BCUT2D eigenvalue weighted by molar-refractivity contribution is -0.137. The summed E-state index contributed by atoms with van der Waals surface area (Å²) in [7, 11) is 0. The molecule has 0 spiro atoms. The van der Waals surface area contributed by atoms with Crippen LogP contribution in [0.5, 0.6) is 0 Å². The number of alkyl halides is 3. The van der Waals surface area contributed by atoms with Crippen molar-refractivity contribution in [2.24, 2.45) is 0 Å². The largest absolute Gasteiger partial charge is 0.416 e. The molecule has 0 saturated carbocycles. The molecule has 0 bridgehead atoms. The number of aromatic nitrogens is 2. The van der Waals surface area contributed by atoms with Crippen molar-refractivity contribution in [3.8, 4) is 0 Å². The Morgan fingerprint density at radius 1 is 1.12 bits per heavy atom. The van der Waals surface area contributed by atoms with Gasteiger partial charge in [-0.1, -0.05) is 17.7 Å². The molecule has 1 N–H and O–H groups in total. The zero-order chi connectivity index (χ0) is 18.0. The number of halogens is 3. The Labute approximate surface area is 148 Å². The quantitative estimate of drug-likeness (QED) is 0.632. The minimum atomic E-state index is -4.35. The highest BCUT2D eigenvalue weighted by molar-refractivity contribution is 7.97. The Kier molecular flexibility index (Phi) is 5.06. The summed E-state index contributed by atoms with van der Waals surface area (Å²) in [6.45, 7) is 4.95. The van der Waals surface area contributed by atoms with E-state index < -0.39 is 11.7 Å². The summed E-state index contributed by atoms with van der Waals surface area (Å²) in [6, 6.07) is 11.8. The molecule has 0 atom stereocenters. The van der Waals surface area contributed by atoms with Crippen LogP contribution in [-0.4, -0.2) is 9.55 Å². The summed E-state index contributed by atoms with van der Waals surface area (Å²) < 4.78 is 43.8. The minimum Gasteiger partial charge on any atom is -0.327 e. The first-order valence-corrected chi connectivity index (χ1v) is 8.73. The van der Waals surface area contributed by atoms with Crippen LogP contribution in [0.25, 0.3) is 11.0 Å². The van der Waals surface area contributed by atoms with E-state index in [0.29, 0.717) is 24.1 Å². The Bertz CT molecular complexity index is 870. The van der Waals surface area contributed by atoms with Gasteiger partial charge < -0.3 is 4.57 Å². The zero-order valence-corrected chi connectivity index (χ0v) is 14.7.